The van der Waals surface area contributed by atoms with Gasteiger partial charge in [0.2, 0.25) is 9.84 Å². The Hall–Kier alpha value is -2.82. The highest BCUT2D eigenvalue weighted by atomic mass is 35.5. The Labute approximate surface area is 208 Å². The molecular formula is C23H24Cl2N2O6S. The van der Waals surface area contributed by atoms with Gasteiger partial charge in [-0.25, -0.2) is 8.42 Å². The Balaban J connectivity index is 0.00000408. The number of hydrogen-bond donors (Lipinski definition) is 4. The quantitative estimate of drug-likeness (QED) is 0.297. The lowest BCUT2D eigenvalue weighted by Crippen LogP contribution is -2.26. The first kappa shape index (κ1) is 27.4. The van der Waals surface area contributed by atoms with Crippen LogP contribution >= 0.6 is 24.0 Å². The second-order valence-electron chi connectivity index (χ2n) is 7.14. The number of carbonyl (C=O) groups is 1. The summed E-state index contributed by atoms with van der Waals surface area (Å²) in [7, 11) is -3.92. The van der Waals surface area contributed by atoms with Crippen LogP contribution in [0.15, 0.2) is 76.5 Å². The number of aromatic hydroxyl groups is 1. The summed E-state index contributed by atoms with van der Waals surface area (Å²) in [6, 6.07) is 16.2. The number of nitrogens with one attached hydrogen (secondary N) is 1. The summed E-state index contributed by atoms with van der Waals surface area (Å²) in [4.78, 5) is 11.2. The van der Waals surface area contributed by atoms with Gasteiger partial charge in [-0.05, 0) is 60.2 Å². The fraction of sp³-hybridized carbons (Fsp3) is 0.174. The van der Waals surface area contributed by atoms with Crippen LogP contribution in [0.3, 0.4) is 0 Å². The van der Waals surface area contributed by atoms with Crippen LogP contribution in [0.2, 0.25) is 5.02 Å². The van der Waals surface area contributed by atoms with E-state index in [0.29, 0.717) is 36.0 Å². The minimum absolute atomic E-state index is 0. The number of nitrogens with two attached hydrogens (primary N) is 1. The standard InChI is InChI=1S/C23H23ClN2O6S.ClH/c24-16-3-1-2-15(12-16)22(28)14-26-10-11-32-17-4-6-18(7-5-17)33(30,31)19-8-9-21(27)20(13-19)23(25)29;/h1-9,12-13,22,26-28H,10-11,14H2,(H2,25,29);1H/t22-;/m0./s1. The maximum Gasteiger partial charge on any atom is 0.252 e. The first-order valence-electron chi connectivity index (χ1n) is 9.93. The van der Waals surface area contributed by atoms with E-state index in [9.17, 15) is 23.4 Å². The van der Waals surface area contributed by atoms with Gasteiger partial charge < -0.3 is 26.0 Å². The number of halogens is 2. The van der Waals surface area contributed by atoms with Crippen molar-refractivity contribution in [1.29, 1.82) is 0 Å². The van der Waals surface area contributed by atoms with Crippen molar-refractivity contribution in [2.24, 2.45) is 5.73 Å². The number of ether oxygens (including phenoxy) is 1. The zero-order chi connectivity index (χ0) is 24.0. The fourth-order valence-corrected chi connectivity index (χ4v) is 4.53. The smallest absolute Gasteiger partial charge is 0.252 e. The van der Waals surface area contributed by atoms with E-state index in [1.807, 2.05) is 0 Å². The van der Waals surface area contributed by atoms with Crippen molar-refractivity contribution >= 4 is 39.8 Å². The average molecular weight is 527 g/mol. The lowest BCUT2D eigenvalue weighted by Gasteiger charge is -2.13. The summed E-state index contributed by atoms with van der Waals surface area (Å²) >= 11 is 5.92. The lowest BCUT2D eigenvalue weighted by atomic mass is 10.1. The Morgan fingerprint density at radius 1 is 1.06 bits per heavy atom. The molecule has 3 aromatic rings. The molecule has 0 saturated carbocycles. The van der Waals surface area contributed by atoms with E-state index in [0.717, 1.165) is 12.1 Å². The number of amides is 1. The highest BCUT2D eigenvalue weighted by Crippen LogP contribution is 2.27. The first-order valence-corrected chi connectivity index (χ1v) is 11.8. The molecule has 0 heterocycles. The summed E-state index contributed by atoms with van der Waals surface area (Å²) in [5, 5.41) is 23.5. The topological polar surface area (TPSA) is 139 Å². The van der Waals surface area contributed by atoms with Gasteiger partial charge in [0.25, 0.3) is 5.91 Å². The number of aliphatic hydroxyl groups excluding tert-OH is 1. The number of primary amides is 1. The fourth-order valence-electron chi connectivity index (χ4n) is 3.04. The summed E-state index contributed by atoms with van der Waals surface area (Å²) in [6.07, 6.45) is -0.705. The molecule has 8 nitrogen and oxygen atoms in total. The van der Waals surface area contributed by atoms with E-state index in [4.69, 9.17) is 22.1 Å². The van der Waals surface area contributed by atoms with Crippen molar-refractivity contribution in [2.45, 2.75) is 15.9 Å². The van der Waals surface area contributed by atoms with E-state index in [1.165, 1.54) is 30.3 Å². The molecule has 0 saturated heterocycles. The molecule has 1 atom stereocenters. The van der Waals surface area contributed by atoms with Gasteiger partial charge in [-0.1, -0.05) is 23.7 Å². The molecule has 11 heteroatoms. The second kappa shape index (κ2) is 12.0. The summed E-state index contributed by atoms with van der Waals surface area (Å²) in [5.74, 6) is -0.851. The van der Waals surface area contributed by atoms with Gasteiger partial charge in [0, 0.05) is 18.1 Å². The van der Waals surface area contributed by atoms with E-state index in [-0.39, 0.29) is 33.5 Å². The van der Waals surface area contributed by atoms with E-state index >= 15 is 0 Å². The second-order valence-corrected chi connectivity index (χ2v) is 9.53. The third-order valence-corrected chi connectivity index (χ3v) is 6.80. The largest absolute Gasteiger partial charge is 0.507 e. The maximum atomic E-state index is 12.8. The molecule has 34 heavy (non-hydrogen) atoms. The molecule has 0 fully saturated rings. The molecule has 0 bridgehead atoms. The van der Waals surface area contributed by atoms with Gasteiger partial charge >= 0.3 is 0 Å². The number of benzene rings is 3. The third kappa shape index (κ3) is 6.85. The van der Waals surface area contributed by atoms with Crippen molar-refractivity contribution in [2.75, 3.05) is 19.7 Å². The molecule has 0 aliphatic rings. The normalized spacial score (nSPS) is 11.9. The molecule has 0 aliphatic carbocycles. The molecule has 0 unspecified atom stereocenters. The minimum Gasteiger partial charge on any atom is -0.507 e. The van der Waals surface area contributed by atoms with Crippen molar-refractivity contribution in [3.8, 4) is 11.5 Å². The van der Waals surface area contributed by atoms with Crippen LogP contribution in [-0.2, 0) is 9.84 Å². The molecule has 3 rings (SSSR count). The molecular weight excluding hydrogens is 503 g/mol. The van der Waals surface area contributed by atoms with Crippen LogP contribution in [0.5, 0.6) is 11.5 Å². The average Bonchev–Trinajstić information content (AvgIpc) is 2.79. The molecule has 0 spiro atoms. The third-order valence-electron chi connectivity index (χ3n) is 4.80. The van der Waals surface area contributed by atoms with E-state index < -0.39 is 21.8 Å². The number of sulfone groups is 1. The van der Waals surface area contributed by atoms with E-state index in [1.54, 1.807) is 24.3 Å². The molecule has 0 radical (unpaired) electrons. The minimum atomic E-state index is -3.92. The summed E-state index contributed by atoms with van der Waals surface area (Å²) < 4.78 is 31.2. The van der Waals surface area contributed by atoms with Crippen molar-refractivity contribution < 1.29 is 28.2 Å². The van der Waals surface area contributed by atoms with Gasteiger partial charge in [-0.2, -0.15) is 0 Å². The Morgan fingerprint density at radius 3 is 2.38 bits per heavy atom. The monoisotopic (exact) mass is 526 g/mol. The zero-order valence-electron chi connectivity index (χ0n) is 17.8. The molecule has 1 amide bonds. The summed E-state index contributed by atoms with van der Waals surface area (Å²) in [6.45, 7) is 1.08. The number of rotatable bonds is 10. The maximum absolute atomic E-state index is 12.8. The molecule has 182 valence electrons. The predicted octanol–water partition coefficient (Wildman–Crippen LogP) is 3.10. The Kier molecular flexibility index (Phi) is 9.72. The number of hydrogen-bond acceptors (Lipinski definition) is 7. The SMILES string of the molecule is Cl.NC(=O)c1cc(S(=O)(=O)c2ccc(OCCNC[C@H](O)c3cccc(Cl)c3)cc2)ccc1O. The van der Waals surface area contributed by atoms with Crippen LogP contribution in [0.1, 0.15) is 22.0 Å². The van der Waals surface area contributed by atoms with Gasteiger partial charge in [0.05, 0.1) is 21.5 Å². The number of carbonyl (C=O) groups excluding carboxylic acids is 1. The number of phenols is 1. The van der Waals surface area contributed by atoms with Crippen molar-refractivity contribution in [3.05, 3.63) is 82.9 Å². The number of aliphatic hydroxyl groups is 1. The summed E-state index contributed by atoms with van der Waals surface area (Å²) in [5.41, 5.74) is 5.61. The Morgan fingerprint density at radius 2 is 1.74 bits per heavy atom. The molecule has 0 aromatic heterocycles. The zero-order valence-corrected chi connectivity index (χ0v) is 20.2. The van der Waals surface area contributed by atoms with Crippen molar-refractivity contribution in [3.63, 3.8) is 0 Å². The molecule has 0 aliphatic heterocycles. The van der Waals surface area contributed by atoms with Gasteiger partial charge in [0.1, 0.15) is 18.1 Å². The van der Waals surface area contributed by atoms with Gasteiger partial charge in [-0.15, -0.1) is 12.4 Å². The molecule has 5 N–H and O–H groups in total. The van der Waals surface area contributed by atoms with Crippen LogP contribution in [0.4, 0.5) is 0 Å². The van der Waals surface area contributed by atoms with Gasteiger partial charge in [0.15, 0.2) is 0 Å². The van der Waals surface area contributed by atoms with Gasteiger partial charge in [-0.3, -0.25) is 4.79 Å². The first-order chi connectivity index (χ1) is 15.7. The highest BCUT2D eigenvalue weighted by molar-refractivity contribution is 7.91. The van der Waals surface area contributed by atoms with E-state index in [2.05, 4.69) is 5.32 Å². The van der Waals surface area contributed by atoms with Crippen molar-refractivity contribution in [1.82, 2.24) is 5.32 Å². The lowest BCUT2D eigenvalue weighted by molar-refractivity contribution is 0.0997. The van der Waals surface area contributed by atoms with Crippen LogP contribution < -0.4 is 15.8 Å². The van der Waals surface area contributed by atoms with Crippen LogP contribution in [-0.4, -0.2) is 44.2 Å². The van der Waals surface area contributed by atoms with Crippen LogP contribution in [0.25, 0.3) is 0 Å². The molecule has 3 aromatic carbocycles. The Bertz CT molecular complexity index is 1240. The van der Waals surface area contributed by atoms with Crippen LogP contribution in [0, 0.1) is 0 Å². The highest BCUT2D eigenvalue weighted by Gasteiger charge is 2.20. The predicted molar refractivity (Wildman–Crippen MR) is 131 cm³/mol.